The Morgan fingerprint density at radius 2 is 1.50 bits per heavy atom. The molecule has 0 unspecified atom stereocenters. The fourth-order valence-corrected chi connectivity index (χ4v) is 3.22. The Morgan fingerprint density at radius 1 is 0.861 bits per heavy atom. The summed E-state index contributed by atoms with van der Waals surface area (Å²) in [6, 6.07) is 6.71. The Balaban J connectivity index is 2.10. The Kier molecular flexibility index (Phi) is 7.59. The molecule has 3 aromatic rings. The number of hydrogen-bond donors (Lipinski definition) is 0. The standard InChI is InChI=1S/C20H15F6N3O6S/c1-32-10-34-14-5-3-4-13(19(21,22)23)15(14)17-27-16(28-18(29-17)33-2)11-6-8-12(9-7-11)35-36(30,31)20(24,25)26/h3-9H,10H2,1-2H3. The molecule has 0 saturated carbocycles. The van der Waals surface area contributed by atoms with Gasteiger partial charge in [0.1, 0.15) is 11.5 Å². The molecular weight excluding hydrogens is 524 g/mol. The zero-order valence-electron chi connectivity index (χ0n) is 18.2. The summed E-state index contributed by atoms with van der Waals surface area (Å²) in [6.45, 7) is -0.383. The first-order valence-electron chi connectivity index (χ1n) is 9.50. The molecule has 0 aliphatic carbocycles. The second-order valence-electron chi connectivity index (χ2n) is 6.70. The predicted molar refractivity (Wildman–Crippen MR) is 110 cm³/mol. The molecule has 0 atom stereocenters. The van der Waals surface area contributed by atoms with Gasteiger partial charge in [0.05, 0.1) is 18.2 Å². The first-order valence-corrected chi connectivity index (χ1v) is 10.9. The van der Waals surface area contributed by atoms with Crippen LogP contribution in [-0.2, 0) is 21.0 Å². The third-order valence-corrected chi connectivity index (χ3v) is 5.27. The lowest BCUT2D eigenvalue weighted by atomic mass is 10.0. The maximum atomic E-state index is 13.8. The fourth-order valence-electron chi connectivity index (χ4n) is 2.76. The highest BCUT2D eigenvalue weighted by atomic mass is 32.2. The van der Waals surface area contributed by atoms with Crippen molar-refractivity contribution in [1.29, 1.82) is 0 Å². The van der Waals surface area contributed by atoms with E-state index in [2.05, 4.69) is 19.1 Å². The minimum Gasteiger partial charge on any atom is -0.467 e. The summed E-state index contributed by atoms with van der Waals surface area (Å²) in [5.41, 5.74) is -7.24. The van der Waals surface area contributed by atoms with Crippen molar-refractivity contribution in [1.82, 2.24) is 15.0 Å². The van der Waals surface area contributed by atoms with Gasteiger partial charge in [0, 0.05) is 12.7 Å². The molecule has 1 heterocycles. The maximum Gasteiger partial charge on any atom is 0.534 e. The summed E-state index contributed by atoms with van der Waals surface area (Å²) >= 11 is 0. The topological polar surface area (TPSA) is 110 Å². The molecule has 0 aliphatic rings. The van der Waals surface area contributed by atoms with Gasteiger partial charge in [0.15, 0.2) is 18.4 Å². The number of rotatable bonds is 8. The number of ether oxygens (including phenoxy) is 3. The van der Waals surface area contributed by atoms with Crippen molar-refractivity contribution >= 4 is 10.1 Å². The molecular formula is C20H15F6N3O6S. The van der Waals surface area contributed by atoms with Crippen molar-refractivity contribution in [3.8, 4) is 40.3 Å². The minimum absolute atomic E-state index is 0.0672. The first-order chi connectivity index (χ1) is 16.8. The molecule has 2 aromatic carbocycles. The van der Waals surface area contributed by atoms with E-state index in [1.807, 2.05) is 0 Å². The van der Waals surface area contributed by atoms with E-state index < -0.39 is 44.5 Å². The van der Waals surface area contributed by atoms with E-state index in [1.165, 1.54) is 13.2 Å². The SMILES string of the molecule is COCOc1cccc(C(F)(F)F)c1-c1nc(OC)nc(-c2ccc(OS(=O)(=O)C(F)(F)F)cc2)n1. The molecule has 0 N–H and O–H groups in total. The van der Waals surface area contributed by atoms with Crippen molar-refractivity contribution in [3.05, 3.63) is 48.0 Å². The van der Waals surface area contributed by atoms with Gasteiger partial charge in [-0.3, -0.25) is 0 Å². The highest BCUT2D eigenvalue weighted by Crippen LogP contribution is 2.41. The predicted octanol–water partition coefficient (Wildman–Crippen LogP) is 4.44. The van der Waals surface area contributed by atoms with E-state index in [9.17, 15) is 34.8 Å². The summed E-state index contributed by atoms with van der Waals surface area (Å²) in [4.78, 5) is 11.9. The van der Waals surface area contributed by atoms with Crippen LogP contribution < -0.4 is 13.7 Å². The average Bonchev–Trinajstić information content (AvgIpc) is 2.81. The zero-order chi connectivity index (χ0) is 26.7. The van der Waals surface area contributed by atoms with Gasteiger partial charge in [-0.2, -0.15) is 44.7 Å². The van der Waals surface area contributed by atoms with Gasteiger partial charge in [-0.15, -0.1) is 0 Å². The second-order valence-corrected chi connectivity index (χ2v) is 8.24. The number of aromatic nitrogens is 3. The van der Waals surface area contributed by atoms with Gasteiger partial charge in [-0.25, -0.2) is 4.98 Å². The molecule has 0 fully saturated rings. The van der Waals surface area contributed by atoms with Crippen LogP contribution in [0.3, 0.4) is 0 Å². The number of nitrogens with zero attached hydrogens (tertiary/aromatic N) is 3. The van der Waals surface area contributed by atoms with Crippen molar-refractivity contribution in [2.75, 3.05) is 21.0 Å². The number of alkyl halides is 6. The largest absolute Gasteiger partial charge is 0.534 e. The summed E-state index contributed by atoms with van der Waals surface area (Å²) in [5.74, 6) is -1.66. The quantitative estimate of drug-likeness (QED) is 0.178. The Labute approximate surface area is 199 Å². The fraction of sp³-hybridized carbons (Fsp3) is 0.250. The molecule has 0 spiro atoms. The number of halogens is 6. The summed E-state index contributed by atoms with van der Waals surface area (Å²) in [5, 5.41) is 0. The van der Waals surface area contributed by atoms with Gasteiger partial charge in [0.2, 0.25) is 0 Å². The van der Waals surface area contributed by atoms with Gasteiger partial charge in [0.25, 0.3) is 0 Å². The molecule has 3 rings (SSSR count). The highest BCUT2D eigenvalue weighted by Gasteiger charge is 2.48. The lowest BCUT2D eigenvalue weighted by molar-refractivity contribution is -0.137. The van der Waals surface area contributed by atoms with Crippen LogP contribution in [0.15, 0.2) is 42.5 Å². The van der Waals surface area contributed by atoms with Crippen LogP contribution in [0, 0.1) is 0 Å². The number of hydrogen-bond acceptors (Lipinski definition) is 9. The monoisotopic (exact) mass is 539 g/mol. The molecule has 0 bridgehead atoms. The number of methoxy groups -OCH3 is 2. The normalized spacial score (nSPS) is 12.3. The Hall–Kier alpha value is -3.66. The smallest absolute Gasteiger partial charge is 0.467 e. The summed E-state index contributed by atoms with van der Waals surface area (Å²) in [7, 11) is -3.48. The third kappa shape index (κ3) is 5.93. The highest BCUT2D eigenvalue weighted by molar-refractivity contribution is 7.88. The minimum atomic E-state index is -5.90. The molecule has 16 heteroatoms. The summed E-state index contributed by atoms with van der Waals surface area (Å²) < 4.78 is 120. The molecule has 9 nitrogen and oxygen atoms in total. The average molecular weight is 539 g/mol. The molecule has 1 aromatic heterocycles. The van der Waals surface area contributed by atoms with Gasteiger partial charge in [-0.1, -0.05) is 6.07 Å². The van der Waals surface area contributed by atoms with E-state index in [0.717, 1.165) is 43.5 Å². The van der Waals surface area contributed by atoms with Crippen LogP contribution in [-0.4, -0.2) is 49.9 Å². The Morgan fingerprint density at radius 3 is 2.06 bits per heavy atom. The van der Waals surface area contributed by atoms with E-state index in [-0.39, 0.29) is 29.9 Å². The zero-order valence-corrected chi connectivity index (χ0v) is 19.0. The third-order valence-electron chi connectivity index (χ3n) is 4.29. The molecule has 0 radical (unpaired) electrons. The van der Waals surface area contributed by atoms with Crippen molar-refractivity contribution in [3.63, 3.8) is 0 Å². The number of benzene rings is 2. The van der Waals surface area contributed by atoms with Crippen molar-refractivity contribution in [2.45, 2.75) is 11.7 Å². The first kappa shape index (κ1) is 26.9. The second kappa shape index (κ2) is 10.1. The van der Waals surface area contributed by atoms with Crippen LogP contribution in [0.2, 0.25) is 0 Å². The van der Waals surface area contributed by atoms with Crippen molar-refractivity contribution in [2.24, 2.45) is 0 Å². The van der Waals surface area contributed by atoms with E-state index in [1.54, 1.807) is 0 Å². The molecule has 0 aliphatic heterocycles. The van der Waals surface area contributed by atoms with Gasteiger partial charge in [-0.05, 0) is 36.4 Å². The van der Waals surface area contributed by atoms with E-state index in [0.29, 0.717) is 0 Å². The molecule has 36 heavy (non-hydrogen) atoms. The van der Waals surface area contributed by atoms with Crippen molar-refractivity contribution < 1.29 is 53.2 Å². The summed E-state index contributed by atoms with van der Waals surface area (Å²) in [6.07, 6.45) is -4.83. The molecule has 0 saturated heterocycles. The van der Waals surface area contributed by atoms with Gasteiger partial charge >= 0.3 is 27.8 Å². The lowest BCUT2D eigenvalue weighted by Crippen LogP contribution is -2.28. The van der Waals surface area contributed by atoms with Crippen LogP contribution in [0.25, 0.3) is 22.8 Å². The van der Waals surface area contributed by atoms with Crippen LogP contribution >= 0.6 is 0 Å². The Bertz CT molecular complexity index is 1330. The van der Waals surface area contributed by atoms with E-state index in [4.69, 9.17) is 14.2 Å². The lowest BCUT2D eigenvalue weighted by Gasteiger charge is -2.17. The maximum absolute atomic E-state index is 13.8. The van der Waals surface area contributed by atoms with Crippen LogP contribution in [0.5, 0.6) is 17.5 Å². The van der Waals surface area contributed by atoms with E-state index >= 15 is 0 Å². The van der Waals surface area contributed by atoms with Gasteiger partial charge < -0.3 is 18.4 Å². The van der Waals surface area contributed by atoms with Crippen LogP contribution in [0.1, 0.15) is 5.56 Å². The molecule has 194 valence electrons. The van der Waals surface area contributed by atoms with Crippen LogP contribution in [0.4, 0.5) is 26.3 Å². The molecule has 0 amide bonds.